The fraction of sp³-hybridized carbons (Fsp3) is 0.636. The third-order valence-corrected chi connectivity index (χ3v) is 2.87. The second-order valence-electron chi connectivity index (χ2n) is 4.03. The summed E-state index contributed by atoms with van der Waals surface area (Å²) in [5, 5.41) is 0. The van der Waals surface area contributed by atoms with Gasteiger partial charge in [-0.25, -0.2) is 0 Å². The van der Waals surface area contributed by atoms with Gasteiger partial charge in [-0.05, 0) is 25.6 Å². The summed E-state index contributed by atoms with van der Waals surface area (Å²) < 4.78 is 57.5. The van der Waals surface area contributed by atoms with Crippen molar-refractivity contribution in [1.82, 2.24) is 4.90 Å². The van der Waals surface area contributed by atoms with Gasteiger partial charge in [0.15, 0.2) is 0 Å². The first kappa shape index (κ1) is 18.0. The standard InChI is InChI=1S/C10H17N.CHF3O3S/c1-3-4-7-11-8-5-10(2)6-9-11;2-1(3,4)8(5,6)7/h5-6,8H,3-4,7,9H2,1-2H3;(H,5,6,7). The molecule has 0 atom stereocenters. The summed E-state index contributed by atoms with van der Waals surface area (Å²) in [7, 11) is -5.84. The maximum absolute atomic E-state index is 10.7. The third-order valence-electron chi connectivity index (χ3n) is 2.29. The van der Waals surface area contributed by atoms with E-state index in [-0.39, 0.29) is 0 Å². The molecule has 0 saturated heterocycles. The van der Waals surface area contributed by atoms with Crippen LogP contribution < -0.4 is 0 Å². The summed E-state index contributed by atoms with van der Waals surface area (Å²) in [6.07, 6.45) is 9.24. The van der Waals surface area contributed by atoms with Gasteiger partial charge < -0.3 is 4.90 Å². The van der Waals surface area contributed by atoms with Crippen molar-refractivity contribution in [1.29, 1.82) is 0 Å². The van der Waals surface area contributed by atoms with Gasteiger partial charge in [0.05, 0.1) is 0 Å². The molecule has 0 spiro atoms. The van der Waals surface area contributed by atoms with Gasteiger partial charge in [0.1, 0.15) is 0 Å². The van der Waals surface area contributed by atoms with Crippen LogP contribution in [0.15, 0.2) is 23.9 Å². The van der Waals surface area contributed by atoms with E-state index in [4.69, 9.17) is 13.0 Å². The van der Waals surface area contributed by atoms with Crippen molar-refractivity contribution in [3.63, 3.8) is 0 Å². The van der Waals surface area contributed by atoms with Crippen LogP contribution in [0.1, 0.15) is 26.7 Å². The van der Waals surface area contributed by atoms with Crippen LogP contribution >= 0.6 is 0 Å². The second-order valence-corrected chi connectivity index (χ2v) is 5.45. The van der Waals surface area contributed by atoms with Gasteiger partial charge in [-0.2, -0.15) is 21.6 Å². The quantitative estimate of drug-likeness (QED) is 0.643. The number of rotatable bonds is 3. The van der Waals surface area contributed by atoms with Crippen LogP contribution in [0.25, 0.3) is 0 Å². The van der Waals surface area contributed by atoms with E-state index < -0.39 is 15.6 Å². The molecule has 0 radical (unpaired) electrons. The first-order valence-electron chi connectivity index (χ1n) is 5.70. The lowest BCUT2D eigenvalue weighted by Crippen LogP contribution is -2.21. The molecule has 0 fully saturated rings. The van der Waals surface area contributed by atoms with Crippen molar-refractivity contribution in [2.75, 3.05) is 13.1 Å². The Labute approximate surface area is 111 Å². The molecular formula is C11H18F3NO3S. The summed E-state index contributed by atoms with van der Waals surface area (Å²) in [4.78, 5) is 2.36. The molecule has 4 nitrogen and oxygen atoms in total. The molecule has 19 heavy (non-hydrogen) atoms. The first-order chi connectivity index (χ1) is 8.58. The minimum absolute atomic E-state index is 1.10. The average Bonchev–Trinajstić information content (AvgIpc) is 2.26. The van der Waals surface area contributed by atoms with Crippen molar-refractivity contribution in [3.05, 3.63) is 23.9 Å². The third kappa shape index (κ3) is 7.89. The molecule has 1 aliphatic rings. The maximum atomic E-state index is 10.7. The SMILES string of the molecule is CCCCN1C=CC(C)=CC1.O=S(=O)(O)C(F)(F)F. The average molecular weight is 301 g/mol. The fourth-order valence-corrected chi connectivity index (χ4v) is 1.14. The van der Waals surface area contributed by atoms with E-state index in [0.717, 1.165) is 6.54 Å². The lowest BCUT2D eigenvalue weighted by atomic mass is 10.2. The molecule has 1 N–H and O–H groups in total. The Balaban J connectivity index is 0.000000362. The van der Waals surface area contributed by atoms with E-state index in [1.165, 1.54) is 25.0 Å². The number of alkyl halides is 3. The molecule has 0 aliphatic carbocycles. The van der Waals surface area contributed by atoms with Gasteiger partial charge in [0, 0.05) is 13.1 Å². The van der Waals surface area contributed by atoms with Crippen LogP contribution in [0.2, 0.25) is 0 Å². The maximum Gasteiger partial charge on any atom is 0.522 e. The largest absolute Gasteiger partial charge is 0.522 e. The Morgan fingerprint density at radius 2 is 1.95 bits per heavy atom. The predicted molar refractivity (Wildman–Crippen MR) is 67.0 cm³/mol. The summed E-state index contributed by atoms with van der Waals surface area (Å²) >= 11 is 0. The van der Waals surface area contributed by atoms with Crippen LogP contribution in [0.4, 0.5) is 13.2 Å². The van der Waals surface area contributed by atoms with Crippen molar-refractivity contribution in [2.45, 2.75) is 32.2 Å². The highest BCUT2D eigenvalue weighted by atomic mass is 32.2. The predicted octanol–water partition coefficient (Wildman–Crippen LogP) is 2.96. The van der Waals surface area contributed by atoms with Crippen molar-refractivity contribution in [2.24, 2.45) is 0 Å². The van der Waals surface area contributed by atoms with E-state index in [1.807, 2.05) is 0 Å². The van der Waals surface area contributed by atoms with Crippen LogP contribution in [-0.2, 0) is 10.1 Å². The minimum Gasteiger partial charge on any atom is -0.374 e. The van der Waals surface area contributed by atoms with Crippen LogP contribution in [0, 0.1) is 0 Å². The number of nitrogens with zero attached hydrogens (tertiary/aromatic N) is 1. The lowest BCUT2D eigenvalue weighted by Gasteiger charge is -2.21. The van der Waals surface area contributed by atoms with Gasteiger partial charge in [-0.1, -0.05) is 25.0 Å². The van der Waals surface area contributed by atoms with Gasteiger partial charge in [-0.15, -0.1) is 0 Å². The molecule has 0 aromatic carbocycles. The normalized spacial score (nSPS) is 15.7. The molecule has 1 aliphatic heterocycles. The molecule has 1 rings (SSSR count). The van der Waals surface area contributed by atoms with Gasteiger partial charge in [0.25, 0.3) is 0 Å². The van der Waals surface area contributed by atoms with E-state index in [1.54, 1.807) is 0 Å². The summed E-state index contributed by atoms with van der Waals surface area (Å²) in [6, 6.07) is 0. The Bertz CT molecular complexity index is 427. The molecule has 0 aromatic rings. The van der Waals surface area contributed by atoms with Crippen LogP contribution in [-0.4, -0.2) is 36.5 Å². The second kappa shape index (κ2) is 7.54. The zero-order valence-corrected chi connectivity index (χ0v) is 11.6. The lowest BCUT2D eigenvalue weighted by molar-refractivity contribution is -0.0510. The Kier molecular flexibility index (Phi) is 7.14. The summed E-state index contributed by atoms with van der Waals surface area (Å²) in [5.41, 5.74) is -4.15. The number of hydrogen-bond acceptors (Lipinski definition) is 3. The van der Waals surface area contributed by atoms with Crippen molar-refractivity contribution < 1.29 is 26.1 Å². The zero-order valence-electron chi connectivity index (χ0n) is 10.8. The Hall–Kier alpha value is -1.02. The highest BCUT2D eigenvalue weighted by molar-refractivity contribution is 7.86. The fourth-order valence-electron chi connectivity index (χ4n) is 1.14. The van der Waals surface area contributed by atoms with Gasteiger partial charge in [0.2, 0.25) is 0 Å². The van der Waals surface area contributed by atoms with E-state index in [9.17, 15) is 13.2 Å². The van der Waals surface area contributed by atoms with Gasteiger partial charge >= 0.3 is 15.6 Å². The molecule has 8 heteroatoms. The van der Waals surface area contributed by atoms with E-state index in [2.05, 4.69) is 37.1 Å². The van der Waals surface area contributed by atoms with Crippen LogP contribution in [0.3, 0.4) is 0 Å². The molecule has 0 unspecified atom stereocenters. The molecule has 1 heterocycles. The highest BCUT2D eigenvalue weighted by Gasteiger charge is 2.44. The molecule has 0 aromatic heterocycles. The summed E-state index contributed by atoms with van der Waals surface area (Å²) in [5.74, 6) is 0. The van der Waals surface area contributed by atoms with Crippen molar-refractivity contribution in [3.8, 4) is 0 Å². The van der Waals surface area contributed by atoms with Crippen molar-refractivity contribution >= 4 is 10.1 Å². The number of unbranched alkanes of at least 4 members (excludes halogenated alkanes) is 1. The molecular weight excluding hydrogens is 283 g/mol. The monoisotopic (exact) mass is 301 g/mol. The molecule has 112 valence electrons. The topological polar surface area (TPSA) is 57.6 Å². The van der Waals surface area contributed by atoms with Crippen LogP contribution in [0.5, 0.6) is 0 Å². The zero-order chi connectivity index (χ0) is 15.1. The molecule has 0 bridgehead atoms. The van der Waals surface area contributed by atoms with E-state index >= 15 is 0 Å². The number of allylic oxidation sites excluding steroid dienone is 2. The van der Waals surface area contributed by atoms with E-state index in [0.29, 0.717) is 0 Å². The number of hydrogen-bond donors (Lipinski definition) is 1. The minimum atomic E-state index is -5.84. The molecule has 0 amide bonds. The first-order valence-corrected chi connectivity index (χ1v) is 7.14. The van der Waals surface area contributed by atoms with Gasteiger partial charge in [-0.3, -0.25) is 4.55 Å². The molecule has 0 saturated carbocycles. The number of halogens is 3. The Morgan fingerprint density at radius 1 is 1.42 bits per heavy atom. The Morgan fingerprint density at radius 3 is 2.26 bits per heavy atom. The summed E-state index contributed by atoms with van der Waals surface area (Å²) in [6.45, 7) is 6.68. The highest BCUT2D eigenvalue weighted by Crippen LogP contribution is 2.20. The smallest absolute Gasteiger partial charge is 0.374 e.